The van der Waals surface area contributed by atoms with E-state index in [-0.39, 0.29) is 12.7 Å². The number of hydrogen-bond donors (Lipinski definition) is 0. The number of halogens is 7. The summed E-state index contributed by atoms with van der Waals surface area (Å²) in [5.74, 6) is -0.595. The zero-order valence-corrected chi connectivity index (χ0v) is 11.6. The summed E-state index contributed by atoms with van der Waals surface area (Å²) in [6, 6.07) is 0.974. The number of rotatable bonds is 4. The monoisotopic (exact) mass is 366 g/mol. The molecule has 0 radical (unpaired) electrons. The van der Waals surface area contributed by atoms with Crippen molar-refractivity contribution in [3.05, 3.63) is 29.3 Å². The van der Waals surface area contributed by atoms with E-state index in [0.717, 1.165) is 0 Å². The topological polar surface area (TPSA) is 18.5 Å². The van der Waals surface area contributed by atoms with Crippen LogP contribution in [0.4, 0.5) is 26.3 Å². The Kier molecular flexibility index (Phi) is 5.31. The molecule has 1 atom stereocenters. The third-order valence-corrected chi connectivity index (χ3v) is 2.54. The van der Waals surface area contributed by atoms with Gasteiger partial charge >= 0.3 is 12.4 Å². The van der Waals surface area contributed by atoms with Crippen LogP contribution in [0, 0.1) is 0 Å². The number of benzene rings is 1. The molecule has 0 heterocycles. The highest BCUT2D eigenvalue weighted by molar-refractivity contribution is 9.09. The second kappa shape index (κ2) is 6.21. The quantitative estimate of drug-likeness (QED) is 0.432. The zero-order chi connectivity index (χ0) is 15.6. The summed E-state index contributed by atoms with van der Waals surface area (Å²) in [6.07, 6.45) is -9.82. The average molecular weight is 367 g/mol. The summed E-state index contributed by atoms with van der Waals surface area (Å²) >= 11 is 2.82. The highest BCUT2D eigenvalue weighted by atomic mass is 79.9. The maximum Gasteiger partial charge on any atom is 0.416 e. The highest BCUT2D eigenvalue weighted by Gasteiger charge is 2.37. The largest absolute Gasteiger partial charge is 0.455 e. The van der Waals surface area contributed by atoms with Crippen LogP contribution in [0.3, 0.4) is 0 Å². The molecule has 0 aliphatic heterocycles. The van der Waals surface area contributed by atoms with Crippen molar-refractivity contribution in [3.63, 3.8) is 0 Å². The molecule has 0 saturated heterocycles. The van der Waals surface area contributed by atoms with Gasteiger partial charge in [0.2, 0.25) is 0 Å². The molecule has 1 aromatic rings. The minimum absolute atomic E-state index is 0.0246. The van der Waals surface area contributed by atoms with E-state index in [9.17, 15) is 26.3 Å². The summed E-state index contributed by atoms with van der Waals surface area (Å²) in [5.41, 5.74) is -2.89. The summed E-state index contributed by atoms with van der Waals surface area (Å²) in [5, 5.41) is -1.14. The van der Waals surface area contributed by atoms with Gasteiger partial charge in [-0.05, 0) is 41.1 Å². The minimum atomic E-state index is -4.91. The van der Waals surface area contributed by atoms with Gasteiger partial charge in [-0.25, -0.2) is 0 Å². The number of ether oxygens (including phenoxy) is 2. The lowest BCUT2D eigenvalue weighted by molar-refractivity contribution is -0.143. The zero-order valence-electron chi connectivity index (χ0n) is 9.98. The highest BCUT2D eigenvalue weighted by Crippen LogP contribution is 2.38. The predicted octanol–water partition coefficient (Wildman–Crippen LogP) is 4.82. The van der Waals surface area contributed by atoms with Gasteiger partial charge in [-0.1, -0.05) is 0 Å². The fourth-order valence-electron chi connectivity index (χ4n) is 1.27. The average Bonchev–Trinajstić information content (AvgIpc) is 2.26. The van der Waals surface area contributed by atoms with Gasteiger partial charge in [-0.15, -0.1) is 0 Å². The van der Waals surface area contributed by atoms with Crippen molar-refractivity contribution in [2.45, 2.75) is 24.5 Å². The summed E-state index contributed by atoms with van der Waals surface area (Å²) in [7, 11) is 0. The van der Waals surface area contributed by atoms with Crippen LogP contribution in [0.1, 0.15) is 18.1 Å². The molecule has 1 aromatic carbocycles. The van der Waals surface area contributed by atoms with Gasteiger partial charge in [-0.2, -0.15) is 26.3 Å². The normalized spacial score (nSPS) is 14.2. The lowest BCUT2D eigenvalue weighted by Crippen LogP contribution is -2.15. The summed E-state index contributed by atoms with van der Waals surface area (Å²) < 4.78 is 85.0. The molecule has 0 bridgehead atoms. The van der Waals surface area contributed by atoms with E-state index in [1.54, 1.807) is 6.92 Å². The summed E-state index contributed by atoms with van der Waals surface area (Å²) in [4.78, 5) is 0. The lowest BCUT2D eigenvalue weighted by Gasteiger charge is -2.17. The molecule has 0 saturated carbocycles. The third kappa shape index (κ3) is 4.86. The minimum Gasteiger partial charge on any atom is -0.455 e. The molecule has 0 aliphatic rings. The molecule has 1 unspecified atom stereocenters. The second-order valence-corrected chi connectivity index (χ2v) is 4.34. The molecule has 0 aliphatic carbocycles. The van der Waals surface area contributed by atoms with E-state index in [1.807, 2.05) is 0 Å². The van der Waals surface area contributed by atoms with Gasteiger partial charge in [0.1, 0.15) is 5.75 Å². The number of hydrogen-bond acceptors (Lipinski definition) is 2. The molecule has 9 heteroatoms. The fraction of sp³-hybridized carbons (Fsp3) is 0.455. The summed E-state index contributed by atoms with van der Waals surface area (Å²) in [6.45, 7) is 1.76. The predicted molar refractivity (Wildman–Crippen MR) is 61.4 cm³/mol. The first-order chi connectivity index (χ1) is 9.04. The Morgan fingerprint density at radius 1 is 1.00 bits per heavy atom. The van der Waals surface area contributed by atoms with Gasteiger partial charge in [0.25, 0.3) is 5.20 Å². The van der Waals surface area contributed by atoms with Crippen LogP contribution in [-0.2, 0) is 17.1 Å². The van der Waals surface area contributed by atoms with Crippen LogP contribution in [0.5, 0.6) is 5.75 Å². The Morgan fingerprint density at radius 2 is 1.45 bits per heavy atom. The van der Waals surface area contributed by atoms with E-state index in [0.29, 0.717) is 12.1 Å². The van der Waals surface area contributed by atoms with Crippen molar-refractivity contribution in [1.82, 2.24) is 0 Å². The molecular weight excluding hydrogens is 358 g/mol. The first-order valence-electron chi connectivity index (χ1n) is 5.26. The van der Waals surface area contributed by atoms with Crippen LogP contribution >= 0.6 is 15.9 Å². The molecule has 0 spiro atoms. The smallest absolute Gasteiger partial charge is 0.416 e. The van der Waals surface area contributed by atoms with E-state index < -0.39 is 34.4 Å². The van der Waals surface area contributed by atoms with E-state index >= 15 is 0 Å². The Balaban J connectivity index is 3.17. The van der Waals surface area contributed by atoms with Crippen molar-refractivity contribution >= 4 is 15.9 Å². The van der Waals surface area contributed by atoms with E-state index in [1.165, 1.54) is 0 Å². The third-order valence-electron chi connectivity index (χ3n) is 2.09. The number of alkyl halides is 7. The molecule has 20 heavy (non-hydrogen) atoms. The van der Waals surface area contributed by atoms with Crippen molar-refractivity contribution in [2.75, 3.05) is 6.61 Å². The molecule has 0 fully saturated rings. The Bertz CT molecular complexity index is 425. The molecular formula is C11H9BrF6O2. The van der Waals surface area contributed by atoms with Crippen LogP contribution in [0.15, 0.2) is 18.2 Å². The first kappa shape index (κ1) is 17.1. The fourth-order valence-corrected chi connectivity index (χ4v) is 1.75. The maximum absolute atomic E-state index is 12.6. The molecule has 0 N–H and O–H groups in total. The molecule has 0 amide bonds. The molecule has 114 valence electrons. The Morgan fingerprint density at radius 3 is 1.80 bits per heavy atom. The van der Waals surface area contributed by atoms with Crippen molar-refractivity contribution in [1.29, 1.82) is 0 Å². The molecule has 2 nitrogen and oxygen atoms in total. The maximum atomic E-state index is 12.6. The lowest BCUT2D eigenvalue weighted by atomic mass is 10.1. The molecule has 1 rings (SSSR count). The van der Waals surface area contributed by atoms with Gasteiger partial charge in [-0.3, -0.25) is 0 Å². The van der Waals surface area contributed by atoms with Crippen molar-refractivity contribution in [2.24, 2.45) is 0 Å². The van der Waals surface area contributed by atoms with Gasteiger partial charge in [0.15, 0.2) is 0 Å². The van der Waals surface area contributed by atoms with Gasteiger partial charge in [0.05, 0.1) is 11.1 Å². The molecule has 0 aromatic heterocycles. The standard InChI is InChI=1S/C11H9BrF6O2/c1-2-19-9(12)20-8-4-6(10(13,14)15)3-7(5-8)11(16,17)18/h3-5,9H,2H2,1H3. The van der Waals surface area contributed by atoms with Crippen LogP contribution in [0.25, 0.3) is 0 Å². The first-order valence-corrected chi connectivity index (χ1v) is 6.17. The van der Waals surface area contributed by atoms with Crippen molar-refractivity contribution < 1.29 is 35.8 Å². The van der Waals surface area contributed by atoms with Gasteiger partial charge in [0, 0.05) is 6.61 Å². The van der Waals surface area contributed by atoms with Gasteiger partial charge < -0.3 is 9.47 Å². The van der Waals surface area contributed by atoms with E-state index in [4.69, 9.17) is 9.47 Å². The second-order valence-electron chi connectivity index (χ2n) is 3.59. The van der Waals surface area contributed by atoms with Crippen LogP contribution in [-0.4, -0.2) is 11.8 Å². The Labute approximate surface area is 118 Å². The van der Waals surface area contributed by atoms with Crippen LogP contribution in [0.2, 0.25) is 0 Å². The van der Waals surface area contributed by atoms with Crippen molar-refractivity contribution in [3.8, 4) is 5.75 Å². The SMILES string of the molecule is CCOC(Br)Oc1cc(C(F)(F)F)cc(C(F)(F)F)c1. The van der Waals surface area contributed by atoms with E-state index in [2.05, 4.69) is 15.9 Å². The Hall–Kier alpha value is -0.960. The van der Waals surface area contributed by atoms with Crippen LogP contribution < -0.4 is 4.74 Å².